The monoisotopic (exact) mass is 389 g/mol. The molecular weight excluding hydrogens is 358 g/mol. The summed E-state index contributed by atoms with van der Waals surface area (Å²) in [5, 5.41) is 2.94. The van der Waals surface area contributed by atoms with Gasteiger partial charge >= 0.3 is 5.97 Å². The lowest BCUT2D eigenvalue weighted by atomic mass is 9.99. The van der Waals surface area contributed by atoms with Gasteiger partial charge in [-0.15, -0.1) is 0 Å². The van der Waals surface area contributed by atoms with Crippen molar-refractivity contribution < 1.29 is 18.8 Å². The molecule has 1 N–H and O–H groups in total. The molecular formula is C21H31NO4Si. The van der Waals surface area contributed by atoms with Crippen LogP contribution in [0.4, 0.5) is 0 Å². The maximum Gasteiger partial charge on any atom is 0.338 e. The van der Waals surface area contributed by atoms with Crippen LogP contribution in [0.5, 0.6) is 0 Å². The SMILES string of the molecule is CC(C)C(C)(C)[Si](C)(C)OCC1NC(=O)C=CC1OC(=O)c1ccccc1. The van der Waals surface area contributed by atoms with Gasteiger partial charge in [0.25, 0.3) is 0 Å². The molecule has 1 amide bonds. The third kappa shape index (κ3) is 5.08. The van der Waals surface area contributed by atoms with E-state index < -0.39 is 26.4 Å². The molecule has 0 bridgehead atoms. The van der Waals surface area contributed by atoms with Gasteiger partial charge < -0.3 is 14.5 Å². The highest BCUT2D eigenvalue weighted by Crippen LogP contribution is 2.44. The first kappa shape index (κ1) is 21.4. The molecule has 1 aromatic rings. The fraction of sp³-hybridized carbons (Fsp3) is 0.524. The molecule has 27 heavy (non-hydrogen) atoms. The number of amides is 1. The lowest BCUT2D eigenvalue weighted by molar-refractivity contribution is -0.119. The quantitative estimate of drug-likeness (QED) is 0.567. The molecule has 1 aromatic carbocycles. The Morgan fingerprint density at radius 3 is 2.44 bits per heavy atom. The number of hydrogen-bond acceptors (Lipinski definition) is 4. The Bertz CT molecular complexity index is 697. The number of benzene rings is 1. The molecule has 2 unspecified atom stereocenters. The van der Waals surface area contributed by atoms with Crippen molar-refractivity contribution in [1.29, 1.82) is 0 Å². The van der Waals surface area contributed by atoms with Gasteiger partial charge in [-0.1, -0.05) is 45.9 Å². The minimum absolute atomic E-state index is 0.0672. The standard InChI is InChI=1S/C21H31NO4Si/c1-15(2)21(3,4)27(5,6)25-14-17-18(12-13-19(23)22-17)26-20(24)16-10-8-7-9-11-16/h7-13,15,17-18H,14H2,1-6H3,(H,22,23). The number of hydrogen-bond donors (Lipinski definition) is 1. The lowest BCUT2D eigenvalue weighted by Crippen LogP contribution is -2.53. The lowest BCUT2D eigenvalue weighted by Gasteiger charge is -2.43. The molecule has 0 radical (unpaired) electrons. The molecule has 1 aliphatic rings. The van der Waals surface area contributed by atoms with E-state index in [4.69, 9.17) is 9.16 Å². The Balaban J connectivity index is 2.08. The second kappa shape index (κ2) is 8.40. The molecule has 6 heteroatoms. The number of ether oxygens (including phenoxy) is 1. The average molecular weight is 390 g/mol. The smallest absolute Gasteiger partial charge is 0.338 e. The number of carbonyl (C=O) groups excluding carboxylic acids is 2. The number of rotatable bonds is 7. The van der Waals surface area contributed by atoms with Crippen LogP contribution in [0.2, 0.25) is 18.1 Å². The van der Waals surface area contributed by atoms with Gasteiger partial charge in [0, 0.05) is 6.08 Å². The highest BCUT2D eigenvalue weighted by Gasteiger charge is 2.44. The number of nitrogens with one attached hydrogen (secondary N) is 1. The molecule has 5 nitrogen and oxygen atoms in total. The molecule has 2 rings (SSSR count). The van der Waals surface area contributed by atoms with Gasteiger partial charge in [-0.3, -0.25) is 4.79 Å². The largest absolute Gasteiger partial charge is 0.452 e. The number of esters is 1. The molecule has 1 heterocycles. The third-order valence-corrected chi connectivity index (χ3v) is 10.6. The predicted molar refractivity (Wildman–Crippen MR) is 109 cm³/mol. The minimum atomic E-state index is -2.05. The van der Waals surface area contributed by atoms with Crippen molar-refractivity contribution in [3.63, 3.8) is 0 Å². The van der Waals surface area contributed by atoms with Crippen molar-refractivity contribution >= 4 is 20.2 Å². The normalized spacial score (nSPS) is 20.5. The van der Waals surface area contributed by atoms with Crippen molar-refractivity contribution in [2.75, 3.05) is 6.61 Å². The van der Waals surface area contributed by atoms with Crippen LogP contribution in [-0.2, 0) is 14.0 Å². The summed E-state index contributed by atoms with van der Waals surface area (Å²) in [7, 11) is -2.05. The van der Waals surface area contributed by atoms with Crippen LogP contribution in [0.25, 0.3) is 0 Å². The summed E-state index contributed by atoms with van der Waals surface area (Å²) in [6, 6.07) is 8.44. The Morgan fingerprint density at radius 2 is 1.85 bits per heavy atom. The molecule has 0 spiro atoms. The van der Waals surface area contributed by atoms with Crippen LogP contribution < -0.4 is 5.32 Å². The number of carbonyl (C=O) groups is 2. The van der Waals surface area contributed by atoms with Crippen LogP contribution in [0, 0.1) is 5.92 Å². The Hall–Kier alpha value is -1.92. The van der Waals surface area contributed by atoms with E-state index in [2.05, 4.69) is 46.1 Å². The van der Waals surface area contributed by atoms with E-state index in [1.165, 1.54) is 6.08 Å². The van der Waals surface area contributed by atoms with Gasteiger partial charge in [-0.05, 0) is 42.3 Å². The Kier molecular flexibility index (Phi) is 6.65. The summed E-state index contributed by atoms with van der Waals surface area (Å²) in [5.74, 6) is -0.129. The molecule has 2 atom stereocenters. The van der Waals surface area contributed by atoms with Gasteiger partial charge in [-0.25, -0.2) is 4.79 Å². The van der Waals surface area contributed by atoms with Crippen molar-refractivity contribution in [2.24, 2.45) is 5.92 Å². The maximum atomic E-state index is 12.4. The van der Waals surface area contributed by atoms with E-state index in [1.807, 2.05) is 6.07 Å². The average Bonchev–Trinajstić information content (AvgIpc) is 2.62. The Labute approximate surface area is 163 Å². The molecule has 148 valence electrons. The van der Waals surface area contributed by atoms with Gasteiger partial charge in [0.15, 0.2) is 8.32 Å². The van der Waals surface area contributed by atoms with Crippen molar-refractivity contribution in [2.45, 2.75) is 58.0 Å². The van der Waals surface area contributed by atoms with Crippen LogP contribution in [-0.4, -0.2) is 38.9 Å². The van der Waals surface area contributed by atoms with Gasteiger partial charge in [0.05, 0.1) is 18.2 Å². The third-order valence-electron chi connectivity index (χ3n) is 6.03. The van der Waals surface area contributed by atoms with Gasteiger partial charge in [0.1, 0.15) is 6.10 Å². The van der Waals surface area contributed by atoms with Crippen LogP contribution in [0.1, 0.15) is 38.1 Å². The predicted octanol–water partition coefficient (Wildman–Crippen LogP) is 3.92. The first-order valence-electron chi connectivity index (χ1n) is 9.43. The molecule has 0 aromatic heterocycles. The molecule has 0 aliphatic carbocycles. The van der Waals surface area contributed by atoms with E-state index in [-0.39, 0.29) is 10.9 Å². The summed E-state index contributed by atoms with van der Waals surface area (Å²) < 4.78 is 12.0. The summed E-state index contributed by atoms with van der Waals surface area (Å²) in [6.45, 7) is 13.6. The van der Waals surface area contributed by atoms with Gasteiger partial charge in [0.2, 0.25) is 5.91 Å². The van der Waals surface area contributed by atoms with E-state index in [9.17, 15) is 9.59 Å². The molecule has 0 fully saturated rings. The second-order valence-corrected chi connectivity index (χ2v) is 13.0. The van der Waals surface area contributed by atoms with Crippen molar-refractivity contribution in [3.05, 3.63) is 48.0 Å². The topological polar surface area (TPSA) is 64.6 Å². The molecule has 1 aliphatic heterocycles. The van der Waals surface area contributed by atoms with Crippen LogP contribution >= 0.6 is 0 Å². The summed E-state index contributed by atoms with van der Waals surface area (Å²) in [6.07, 6.45) is 2.48. The highest BCUT2D eigenvalue weighted by molar-refractivity contribution is 6.74. The fourth-order valence-corrected chi connectivity index (χ4v) is 5.19. The first-order chi connectivity index (χ1) is 12.5. The van der Waals surface area contributed by atoms with Crippen LogP contribution in [0.15, 0.2) is 42.5 Å². The first-order valence-corrected chi connectivity index (χ1v) is 12.3. The van der Waals surface area contributed by atoms with Crippen LogP contribution in [0.3, 0.4) is 0 Å². The zero-order valence-electron chi connectivity index (χ0n) is 17.1. The summed E-state index contributed by atoms with van der Waals surface area (Å²) >= 11 is 0. The zero-order valence-corrected chi connectivity index (χ0v) is 18.1. The summed E-state index contributed by atoms with van der Waals surface area (Å²) in [4.78, 5) is 24.2. The molecule has 0 saturated carbocycles. The zero-order chi connectivity index (χ0) is 20.2. The molecule has 0 saturated heterocycles. The van der Waals surface area contributed by atoms with Crippen molar-refractivity contribution in [1.82, 2.24) is 5.32 Å². The minimum Gasteiger partial charge on any atom is -0.452 e. The highest BCUT2D eigenvalue weighted by atomic mass is 28.4. The summed E-state index contributed by atoms with van der Waals surface area (Å²) in [5.41, 5.74) is 0.484. The van der Waals surface area contributed by atoms with E-state index in [0.29, 0.717) is 18.1 Å². The maximum absolute atomic E-state index is 12.4. The van der Waals surface area contributed by atoms with Crippen molar-refractivity contribution in [3.8, 4) is 0 Å². The Morgan fingerprint density at radius 1 is 1.22 bits per heavy atom. The van der Waals surface area contributed by atoms with E-state index in [0.717, 1.165) is 0 Å². The fourth-order valence-electron chi connectivity index (χ4n) is 2.83. The van der Waals surface area contributed by atoms with Gasteiger partial charge in [-0.2, -0.15) is 0 Å². The van der Waals surface area contributed by atoms with E-state index >= 15 is 0 Å². The van der Waals surface area contributed by atoms with E-state index in [1.54, 1.807) is 30.3 Å². The second-order valence-electron chi connectivity index (χ2n) is 8.41.